The van der Waals surface area contributed by atoms with Crippen LogP contribution in [0.3, 0.4) is 0 Å². The second-order valence-corrected chi connectivity index (χ2v) is 2.96. The lowest BCUT2D eigenvalue weighted by atomic mass is 10.2. The van der Waals surface area contributed by atoms with Crippen LogP contribution in [0.25, 0.3) is 6.08 Å². The zero-order valence-corrected chi connectivity index (χ0v) is 8.99. The molecule has 0 unspecified atom stereocenters. The molecule has 0 fully saturated rings. The van der Waals surface area contributed by atoms with E-state index in [0.29, 0.717) is 6.61 Å². The van der Waals surface area contributed by atoms with Gasteiger partial charge in [-0.05, 0) is 30.7 Å². The molecule has 3 nitrogen and oxygen atoms in total. The maximum Gasteiger partial charge on any atom is 0.330 e. The molecular formula is C12H15NO2. The number of anilines is 1. The van der Waals surface area contributed by atoms with Crippen LogP contribution in [0.5, 0.6) is 0 Å². The topological polar surface area (TPSA) is 38.3 Å². The molecule has 1 aromatic carbocycles. The minimum absolute atomic E-state index is 0.313. The van der Waals surface area contributed by atoms with Gasteiger partial charge in [0.15, 0.2) is 0 Å². The zero-order chi connectivity index (χ0) is 11.1. The quantitative estimate of drug-likeness (QED) is 0.605. The number of hydrogen-bond acceptors (Lipinski definition) is 3. The summed E-state index contributed by atoms with van der Waals surface area (Å²) in [4.78, 5) is 11.0. The Kier molecular flexibility index (Phi) is 4.41. The maximum absolute atomic E-state index is 11.0. The maximum atomic E-state index is 11.0. The van der Waals surface area contributed by atoms with Gasteiger partial charge >= 0.3 is 5.97 Å². The van der Waals surface area contributed by atoms with Crippen LogP contribution < -0.4 is 5.32 Å². The molecule has 0 saturated heterocycles. The van der Waals surface area contributed by atoms with Crippen LogP contribution in [0.15, 0.2) is 30.3 Å². The summed E-state index contributed by atoms with van der Waals surface area (Å²) in [7, 11) is 1.86. The minimum Gasteiger partial charge on any atom is -0.463 e. The summed E-state index contributed by atoms with van der Waals surface area (Å²) in [5.41, 5.74) is 1.98. The van der Waals surface area contributed by atoms with Gasteiger partial charge in [-0.25, -0.2) is 4.79 Å². The number of nitrogens with one attached hydrogen (secondary N) is 1. The van der Waals surface area contributed by atoms with E-state index < -0.39 is 0 Å². The number of carbonyl (C=O) groups is 1. The van der Waals surface area contributed by atoms with Crippen LogP contribution in [-0.4, -0.2) is 19.6 Å². The van der Waals surface area contributed by atoms with Gasteiger partial charge in [-0.15, -0.1) is 0 Å². The first kappa shape index (κ1) is 11.3. The smallest absolute Gasteiger partial charge is 0.330 e. The molecule has 0 radical (unpaired) electrons. The number of esters is 1. The normalized spacial score (nSPS) is 10.3. The molecular weight excluding hydrogens is 190 g/mol. The SMILES string of the molecule is CCOC(=O)C=Cc1cccc(NC)c1. The average Bonchev–Trinajstić information content (AvgIpc) is 2.27. The van der Waals surface area contributed by atoms with E-state index in [4.69, 9.17) is 4.74 Å². The largest absolute Gasteiger partial charge is 0.463 e. The molecule has 0 atom stereocenters. The molecule has 0 heterocycles. The highest BCUT2D eigenvalue weighted by Crippen LogP contribution is 2.10. The number of rotatable bonds is 4. The van der Waals surface area contributed by atoms with Crippen LogP contribution in [0, 0.1) is 0 Å². The van der Waals surface area contributed by atoms with Crippen LogP contribution >= 0.6 is 0 Å². The molecule has 15 heavy (non-hydrogen) atoms. The van der Waals surface area contributed by atoms with Crippen molar-refractivity contribution in [2.45, 2.75) is 6.92 Å². The molecule has 3 heteroatoms. The van der Waals surface area contributed by atoms with Gasteiger partial charge in [0.1, 0.15) is 0 Å². The summed E-state index contributed by atoms with van der Waals surface area (Å²) in [5.74, 6) is -0.313. The Morgan fingerprint density at radius 3 is 3.00 bits per heavy atom. The van der Waals surface area contributed by atoms with Crippen LogP contribution in [0.2, 0.25) is 0 Å². The molecule has 0 aliphatic rings. The van der Waals surface area contributed by atoms with E-state index in [1.807, 2.05) is 31.3 Å². The zero-order valence-electron chi connectivity index (χ0n) is 8.99. The van der Waals surface area contributed by atoms with Gasteiger partial charge in [0.25, 0.3) is 0 Å². The van der Waals surface area contributed by atoms with E-state index in [1.54, 1.807) is 13.0 Å². The van der Waals surface area contributed by atoms with Crippen molar-refractivity contribution < 1.29 is 9.53 Å². The summed E-state index contributed by atoms with van der Waals surface area (Å²) in [5, 5.41) is 3.03. The Morgan fingerprint density at radius 2 is 2.33 bits per heavy atom. The second kappa shape index (κ2) is 5.86. The third kappa shape index (κ3) is 3.85. The molecule has 0 bridgehead atoms. The molecule has 1 N–H and O–H groups in total. The van der Waals surface area contributed by atoms with E-state index in [9.17, 15) is 4.79 Å². The van der Waals surface area contributed by atoms with E-state index in [0.717, 1.165) is 11.3 Å². The fourth-order valence-corrected chi connectivity index (χ4v) is 1.15. The van der Waals surface area contributed by atoms with Crippen molar-refractivity contribution in [3.05, 3.63) is 35.9 Å². The van der Waals surface area contributed by atoms with E-state index >= 15 is 0 Å². The first-order valence-electron chi connectivity index (χ1n) is 4.89. The number of ether oxygens (including phenoxy) is 1. The van der Waals surface area contributed by atoms with Crippen molar-refractivity contribution in [2.24, 2.45) is 0 Å². The number of benzene rings is 1. The molecule has 0 saturated carbocycles. The lowest BCUT2D eigenvalue weighted by molar-refractivity contribution is -0.137. The van der Waals surface area contributed by atoms with Gasteiger partial charge in [0.2, 0.25) is 0 Å². The predicted molar refractivity (Wildman–Crippen MR) is 61.7 cm³/mol. The standard InChI is InChI=1S/C12H15NO2/c1-3-15-12(14)8-7-10-5-4-6-11(9-10)13-2/h4-9,13H,3H2,1-2H3. The molecule has 0 aliphatic heterocycles. The summed E-state index contributed by atoms with van der Waals surface area (Å²) < 4.78 is 4.78. The third-order valence-electron chi connectivity index (χ3n) is 1.87. The Balaban J connectivity index is 2.67. The Labute approximate surface area is 89.8 Å². The van der Waals surface area contributed by atoms with E-state index in [-0.39, 0.29) is 5.97 Å². The van der Waals surface area contributed by atoms with Crippen molar-refractivity contribution >= 4 is 17.7 Å². The lowest BCUT2D eigenvalue weighted by Gasteiger charge is -2.00. The number of carbonyl (C=O) groups excluding carboxylic acids is 1. The highest BCUT2D eigenvalue weighted by molar-refractivity contribution is 5.87. The fourth-order valence-electron chi connectivity index (χ4n) is 1.15. The lowest BCUT2D eigenvalue weighted by Crippen LogP contribution is -1.98. The highest BCUT2D eigenvalue weighted by Gasteiger charge is 1.94. The first-order valence-corrected chi connectivity index (χ1v) is 4.89. The molecule has 80 valence electrons. The fraction of sp³-hybridized carbons (Fsp3) is 0.250. The monoisotopic (exact) mass is 205 g/mol. The van der Waals surface area contributed by atoms with Crippen molar-refractivity contribution in [1.82, 2.24) is 0 Å². The van der Waals surface area contributed by atoms with Gasteiger partial charge in [-0.1, -0.05) is 12.1 Å². The van der Waals surface area contributed by atoms with Crippen LogP contribution in [0.4, 0.5) is 5.69 Å². The molecule has 0 spiro atoms. The van der Waals surface area contributed by atoms with Crippen molar-refractivity contribution in [3.8, 4) is 0 Å². The predicted octanol–water partition coefficient (Wildman–Crippen LogP) is 2.30. The Hall–Kier alpha value is -1.77. The second-order valence-electron chi connectivity index (χ2n) is 2.96. The van der Waals surface area contributed by atoms with Crippen molar-refractivity contribution in [1.29, 1.82) is 0 Å². The molecule has 1 rings (SSSR count). The summed E-state index contributed by atoms with van der Waals surface area (Å²) in [6, 6.07) is 7.77. The van der Waals surface area contributed by atoms with Crippen LogP contribution in [0.1, 0.15) is 12.5 Å². The van der Waals surface area contributed by atoms with E-state index in [1.165, 1.54) is 6.08 Å². The Bertz CT molecular complexity index is 358. The Morgan fingerprint density at radius 1 is 1.53 bits per heavy atom. The molecule has 1 aromatic rings. The van der Waals surface area contributed by atoms with Gasteiger partial charge in [-0.2, -0.15) is 0 Å². The van der Waals surface area contributed by atoms with Crippen molar-refractivity contribution in [2.75, 3.05) is 19.0 Å². The molecule has 0 aliphatic carbocycles. The van der Waals surface area contributed by atoms with Crippen molar-refractivity contribution in [3.63, 3.8) is 0 Å². The molecule has 0 aromatic heterocycles. The first-order chi connectivity index (χ1) is 7.26. The third-order valence-corrected chi connectivity index (χ3v) is 1.87. The summed E-state index contributed by atoms with van der Waals surface area (Å²) in [6.07, 6.45) is 3.16. The van der Waals surface area contributed by atoms with Gasteiger partial charge in [0.05, 0.1) is 6.61 Å². The van der Waals surface area contributed by atoms with Crippen LogP contribution in [-0.2, 0) is 9.53 Å². The molecule has 0 amide bonds. The van der Waals surface area contributed by atoms with E-state index in [2.05, 4.69) is 5.32 Å². The number of hydrogen-bond donors (Lipinski definition) is 1. The average molecular weight is 205 g/mol. The minimum atomic E-state index is -0.313. The summed E-state index contributed by atoms with van der Waals surface area (Å²) in [6.45, 7) is 2.19. The van der Waals surface area contributed by atoms with Gasteiger partial charge in [0, 0.05) is 18.8 Å². The highest BCUT2D eigenvalue weighted by atomic mass is 16.5. The summed E-state index contributed by atoms with van der Waals surface area (Å²) >= 11 is 0. The van der Waals surface area contributed by atoms with Gasteiger partial charge in [-0.3, -0.25) is 0 Å². The van der Waals surface area contributed by atoms with Gasteiger partial charge < -0.3 is 10.1 Å².